The highest BCUT2D eigenvalue weighted by Crippen LogP contribution is 2.25. The molecule has 0 saturated carbocycles. The van der Waals surface area contributed by atoms with E-state index in [9.17, 15) is 18.0 Å². The Morgan fingerprint density at radius 2 is 1.51 bits per heavy atom. The molecule has 2 amide bonds. The molecule has 0 fully saturated rings. The van der Waals surface area contributed by atoms with Crippen LogP contribution in [-0.2, 0) is 26.2 Å². The van der Waals surface area contributed by atoms with Crippen molar-refractivity contribution in [2.75, 3.05) is 10.8 Å². The van der Waals surface area contributed by atoms with Crippen LogP contribution in [0.4, 0.5) is 5.69 Å². The van der Waals surface area contributed by atoms with E-state index in [1.54, 1.807) is 73.7 Å². The Hall–Kier alpha value is -2.63. The van der Waals surface area contributed by atoms with Gasteiger partial charge in [-0.3, -0.25) is 13.9 Å². The van der Waals surface area contributed by atoms with E-state index in [4.69, 9.17) is 11.6 Å². The van der Waals surface area contributed by atoms with E-state index in [2.05, 4.69) is 27.9 Å². The van der Waals surface area contributed by atoms with Crippen molar-refractivity contribution in [1.29, 1.82) is 0 Å². The molecule has 0 spiro atoms. The third-order valence-electron chi connectivity index (χ3n) is 5.59. The number of carbonyl (C=O) groups excluding carboxylic acids is 2. The number of sulfonamides is 1. The summed E-state index contributed by atoms with van der Waals surface area (Å²) in [6, 6.07) is 20.8. The first-order valence-electron chi connectivity index (χ1n) is 11.7. The van der Waals surface area contributed by atoms with Gasteiger partial charge in [0.05, 0.1) is 10.6 Å². The molecule has 0 aliphatic heterocycles. The maximum Gasteiger partial charge on any atom is 0.264 e. The van der Waals surface area contributed by atoms with E-state index in [1.807, 2.05) is 13.8 Å². The minimum Gasteiger partial charge on any atom is -0.352 e. The Kier molecular flexibility index (Phi) is 9.97. The quantitative estimate of drug-likeness (QED) is 0.309. The largest absolute Gasteiger partial charge is 0.352 e. The van der Waals surface area contributed by atoms with Gasteiger partial charge in [0.1, 0.15) is 12.6 Å². The highest BCUT2D eigenvalue weighted by atomic mass is 127. The van der Waals surface area contributed by atoms with Gasteiger partial charge in [0.25, 0.3) is 10.0 Å². The summed E-state index contributed by atoms with van der Waals surface area (Å²) >= 11 is 8.15. The van der Waals surface area contributed by atoms with Gasteiger partial charge in [-0.2, -0.15) is 0 Å². The third kappa shape index (κ3) is 7.68. The smallest absolute Gasteiger partial charge is 0.264 e. The molecule has 0 heterocycles. The summed E-state index contributed by atoms with van der Waals surface area (Å²) in [5, 5.41) is 3.38. The number of benzene rings is 3. The summed E-state index contributed by atoms with van der Waals surface area (Å²) in [7, 11) is -4.07. The summed E-state index contributed by atoms with van der Waals surface area (Å²) in [5.41, 5.74) is 1.11. The van der Waals surface area contributed by atoms with Gasteiger partial charge in [0.15, 0.2) is 0 Å². The molecular weight excluding hydrogens is 625 g/mol. The zero-order valence-electron chi connectivity index (χ0n) is 20.8. The van der Waals surface area contributed by atoms with E-state index in [1.165, 1.54) is 17.0 Å². The minimum atomic E-state index is -4.07. The molecule has 0 aliphatic carbocycles. The Morgan fingerprint density at radius 1 is 0.919 bits per heavy atom. The highest BCUT2D eigenvalue weighted by Gasteiger charge is 2.32. The second kappa shape index (κ2) is 12.7. The highest BCUT2D eigenvalue weighted by molar-refractivity contribution is 14.1. The van der Waals surface area contributed by atoms with Crippen molar-refractivity contribution in [3.05, 3.63) is 93.0 Å². The molecule has 196 valence electrons. The van der Waals surface area contributed by atoms with Gasteiger partial charge in [-0.1, -0.05) is 41.9 Å². The number of anilines is 1. The molecule has 0 aliphatic rings. The third-order valence-corrected chi connectivity index (χ3v) is 8.35. The standard InChI is InChI=1S/C27H29ClIN3O4S/c1-19(2)30-27(34)20(3)31(17-21-9-11-22(28)12-10-21)26(33)18-32(24-15-13-23(29)14-16-24)37(35,36)25-7-5-4-6-8-25/h4-16,19-20H,17-18H2,1-3H3,(H,30,34). The number of amides is 2. The lowest BCUT2D eigenvalue weighted by atomic mass is 10.1. The van der Waals surface area contributed by atoms with Crippen LogP contribution in [0.2, 0.25) is 5.02 Å². The van der Waals surface area contributed by atoms with E-state index >= 15 is 0 Å². The van der Waals surface area contributed by atoms with Crippen molar-refractivity contribution in [2.45, 2.75) is 44.3 Å². The summed E-state index contributed by atoms with van der Waals surface area (Å²) in [5.74, 6) is -0.844. The number of nitrogens with zero attached hydrogens (tertiary/aromatic N) is 2. The van der Waals surface area contributed by atoms with Crippen LogP contribution >= 0.6 is 34.2 Å². The Balaban J connectivity index is 2.00. The molecule has 7 nitrogen and oxygen atoms in total. The van der Waals surface area contributed by atoms with Gasteiger partial charge in [-0.15, -0.1) is 0 Å². The van der Waals surface area contributed by atoms with Crippen LogP contribution in [0.25, 0.3) is 0 Å². The molecule has 0 radical (unpaired) electrons. The molecule has 10 heteroatoms. The van der Waals surface area contributed by atoms with Gasteiger partial charge in [0.2, 0.25) is 11.8 Å². The van der Waals surface area contributed by atoms with Crippen LogP contribution in [0.3, 0.4) is 0 Å². The number of rotatable bonds is 10. The topological polar surface area (TPSA) is 86.8 Å². The first-order chi connectivity index (χ1) is 17.5. The second-order valence-electron chi connectivity index (χ2n) is 8.79. The molecule has 0 bridgehead atoms. The lowest BCUT2D eigenvalue weighted by molar-refractivity contribution is -0.139. The molecule has 1 N–H and O–H groups in total. The molecule has 0 saturated heterocycles. The number of hydrogen-bond acceptors (Lipinski definition) is 4. The second-order valence-corrected chi connectivity index (χ2v) is 12.3. The van der Waals surface area contributed by atoms with Gasteiger partial charge < -0.3 is 10.2 Å². The summed E-state index contributed by atoms with van der Waals surface area (Å²) in [4.78, 5) is 28.1. The van der Waals surface area contributed by atoms with Crippen LogP contribution in [0, 0.1) is 3.57 Å². The fourth-order valence-corrected chi connectivity index (χ4v) is 5.55. The Bertz CT molecular complexity index is 1320. The maximum absolute atomic E-state index is 13.8. The molecule has 37 heavy (non-hydrogen) atoms. The fraction of sp³-hybridized carbons (Fsp3) is 0.259. The van der Waals surface area contributed by atoms with Crippen molar-refractivity contribution in [2.24, 2.45) is 0 Å². The number of carbonyl (C=O) groups is 2. The lowest BCUT2D eigenvalue weighted by Crippen LogP contribution is -2.52. The predicted molar refractivity (Wildman–Crippen MR) is 155 cm³/mol. The van der Waals surface area contributed by atoms with Crippen LogP contribution in [0.1, 0.15) is 26.3 Å². The average Bonchev–Trinajstić information content (AvgIpc) is 2.87. The van der Waals surface area contributed by atoms with E-state index in [-0.39, 0.29) is 23.4 Å². The summed E-state index contributed by atoms with van der Waals surface area (Å²) in [6.07, 6.45) is 0. The molecular formula is C27H29ClIN3O4S. The van der Waals surface area contributed by atoms with Crippen molar-refractivity contribution in [1.82, 2.24) is 10.2 Å². The molecule has 1 unspecified atom stereocenters. The molecule has 0 aromatic heterocycles. The molecule has 3 aromatic carbocycles. The van der Waals surface area contributed by atoms with Gasteiger partial charge >= 0.3 is 0 Å². The SMILES string of the molecule is CC(C)NC(=O)C(C)N(Cc1ccc(Cl)cc1)C(=O)CN(c1ccc(I)cc1)S(=O)(=O)c1ccccc1. The van der Waals surface area contributed by atoms with Crippen LogP contribution < -0.4 is 9.62 Å². The lowest BCUT2D eigenvalue weighted by Gasteiger charge is -2.32. The van der Waals surface area contributed by atoms with Crippen molar-refractivity contribution < 1.29 is 18.0 Å². The predicted octanol–water partition coefficient (Wildman–Crippen LogP) is 5.08. The first kappa shape index (κ1) is 28.9. The summed E-state index contributed by atoms with van der Waals surface area (Å²) < 4.78 is 29.4. The van der Waals surface area contributed by atoms with Crippen molar-refractivity contribution in [3.63, 3.8) is 0 Å². The van der Waals surface area contributed by atoms with Crippen LogP contribution in [0.15, 0.2) is 83.8 Å². The van der Waals surface area contributed by atoms with Gasteiger partial charge in [-0.05, 0) is 97.5 Å². The maximum atomic E-state index is 13.8. The molecule has 1 atom stereocenters. The minimum absolute atomic E-state index is 0.0659. The van der Waals surface area contributed by atoms with E-state index in [0.29, 0.717) is 10.7 Å². The Labute approximate surface area is 237 Å². The van der Waals surface area contributed by atoms with Gasteiger partial charge in [-0.25, -0.2) is 8.42 Å². The van der Waals surface area contributed by atoms with Gasteiger partial charge in [0, 0.05) is 21.2 Å². The van der Waals surface area contributed by atoms with Crippen LogP contribution in [0.5, 0.6) is 0 Å². The summed E-state index contributed by atoms with van der Waals surface area (Å²) in [6.45, 7) is 4.92. The molecule has 3 rings (SSSR count). The fourth-order valence-electron chi connectivity index (χ4n) is 3.63. The van der Waals surface area contributed by atoms with E-state index < -0.39 is 28.5 Å². The number of hydrogen-bond donors (Lipinski definition) is 1. The monoisotopic (exact) mass is 653 g/mol. The van der Waals surface area contributed by atoms with Crippen molar-refractivity contribution in [3.8, 4) is 0 Å². The zero-order valence-corrected chi connectivity index (χ0v) is 24.5. The zero-order chi connectivity index (χ0) is 27.2. The van der Waals surface area contributed by atoms with Crippen molar-refractivity contribution >= 4 is 61.7 Å². The molecule has 3 aromatic rings. The normalized spacial score (nSPS) is 12.2. The number of nitrogens with one attached hydrogen (secondary N) is 1. The average molecular weight is 654 g/mol. The van der Waals surface area contributed by atoms with E-state index in [0.717, 1.165) is 13.4 Å². The first-order valence-corrected chi connectivity index (χ1v) is 14.6. The number of halogens is 2. The van der Waals surface area contributed by atoms with Crippen LogP contribution in [-0.4, -0.2) is 43.8 Å². The Morgan fingerprint density at radius 3 is 2.08 bits per heavy atom.